The van der Waals surface area contributed by atoms with E-state index in [0.717, 1.165) is 45.6 Å². The lowest BCUT2D eigenvalue weighted by molar-refractivity contribution is -1.02. The second-order valence-electron chi connectivity index (χ2n) is 7.48. The van der Waals surface area contributed by atoms with Crippen LogP contribution in [0.15, 0.2) is 30.3 Å². The van der Waals surface area contributed by atoms with Gasteiger partial charge in [0, 0.05) is 5.56 Å². The smallest absolute Gasteiger partial charge is 0.276 e. The monoisotopic (exact) mass is 328 g/mol. The van der Waals surface area contributed by atoms with Gasteiger partial charge >= 0.3 is 0 Å². The Balaban J connectivity index is 1.42. The van der Waals surface area contributed by atoms with Gasteiger partial charge in [-0.1, -0.05) is 30.3 Å². The number of nitriles is 1. The summed E-state index contributed by atoms with van der Waals surface area (Å²) in [6, 6.07) is 12.9. The fourth-order valence-electron chi connectivity index (χ4n) is 3.64. The van der Waals surface area contributed by atoms with Crippen LogP contribution in [0.25, 0.3) is 0 Å². The number of benzene rings is 1. The van der Waals surface area contributed by atoms with Crippen molar-refractivity contribution in [3.63, 3.8) is 0 Å². The highest BCUT2D eigenvalue weighted by Crippen LogP contribution is 2.39. The number of quaternary nitrogens is 2. The van der Waals surface area contributed by atoms with Crippen LogP contribution in [0, 0.1) is 17.2 Å². The summed E-state index contributed by atoms with van der Waals surface area (Å²) >= 11 is 0. The Bertz CT molecular complexity index is 600. The molecule has 5 nitrogen and oxygen atoms in total. The molecule has 1 heterocycles. The number of nitrogens with zero attached hydrogens (tertiary/aromatic N) is 1. The molecule has 1 aromatic carbocycles. The molecule has 2 aliphatic rings. The molecule has 1 amide bonds. The number of piperazine rings is 1. The molecular formula is C19H28N4O+2. The molecular weight excluding hydrogens is 300 g/mol. The topological polar surface area (TPSA) is 61.8 Å². The SMILES string of the molecule is C[C@](C#N)(NC(=O)C[NH+]1CC[NH+](Cc2ccccc2)CC1)C1CC1. The number of rotatable bonds is 6. The van der Waals surface area contributed by atoms with Gasteiger partial charge in [-0.15, -0.1) is 0 Å². The van der Waals surface area contributed by atoms with Crippen LogP contribution in [0.2, 0.25) is 0 Å². The standard InChI is InChI=1S/C19H26N4O/c1-19(15-20,17-7-8-17)21-18(24)14-23-11-9-22(10-12-23)13-16-5-3-2-4-6-16/h2-6,17H,7-14H2,1H3,(H,21,24)/p+2/t19-/m1/s1. The number of hydrogen-bond donors (Lipinski definition) is 3. The molecule has 1 aliphatic heterocycles. The maximum atomic E-state index is 12.3. The summed E-state index contributed by atoms with van der Waals surface area (Å²) in [6.07, 6.45) is 2.11. The summed E-state index contributed by atoms with van der Waals surface area (Å²) in [6.45, 7) is 7.63. The van der Waals surface area contributed by atoms with E-state index < -0.39 is 5.54 Å². The molecule has 0 radical (unpaired) electrons. The summed E-state index contributed by atoms with van der Waals surface area (Å²) in [5.74, 6) is 0.362. The predicted octanol–water partition coefficient (Wildman–Crippen LogP) is -1.22. The van der Waals surface area contributed by atoms with Crippen molar-refractivity contribution >= 4 is 5.91 Å². The van der Waals surface area contributed by atoms with Crippen LogP contribution in [-0.2, 0) is 11.3 Å². The lowest BCUT2D eigenvalue weighted by Gasteiger charge is -2.30. The lowest BCUT2D eigenvalue weighted by atomic mass is 9.98. The van der Waals surface area contributed by atoms with Crippen LogP contribution < -0.4 is 15.1 Å². The fourth-order valence-corrected chi connectivity index (χ4v) is 3.64. The van der Waals surface area contributed by atoms with Gasteiger partial charge in [-0.3, -0.25) is 4.79 Å². The normalized spacial score (nSPS) is 26.2. The largest absolute Gasteiger partial charge is 0.333 e. The van der Waals surface area contributed by atoms with E-state index >= 15 is 0 Å². The summed E-state index contributed by atoms with van der Waals surface area (Å²) in [5.41, 5.74) is 0.708. The molecule has 2 fully saturated rings. The maximum absolute atomic E-state index is 12.3. The quantitative estimate of drug-likeness (QED) is 0.613. The zero-order valence-electron chi connectivity index (χ0n) is 14.5. The van der Waals surface area contributed by atoms with E-state index in [1.807, 2.05) is 6.92 Å². The molecule has 24 heavy (non-hydrogen) atoms. The van der Waals surface area contributed by atoms with Crippen molar-refractivity contribution < 1.29 is 14.6 Å². The number of amides is 1. The number of carbonyl (C=O) groups excluding carboxylic acids is 1. The Hall–Kier alpha value is -1.90. The molecule has 0 aromatic heterocycles. The first kappa shape index (κ1) is 16.9. The van der Waals surface area contributed by atoms with Crippen molar-refractivity contribution in [2.45, 2.75) is 31.8 Å². The molecule has 1 saturated carbocycles. The molecule has 3 rings (SSSR count). The highest BCUT2D eigenvalue weighted by molar-refractivity contribution is 5.78. The van der Waals surface area contributed by atoms with Crippen LogP contribution in [0.4, 0.5) is 0 Å². The Morgan fingerprint density at radius 2 is 1.83 bits per heavy atom. The third kappa shape index (κ3) is 4.34. The Morgan fingerprint density at radius 1 is 1.21 bits per heavy atom. The van der Waals surface area contributed by atoms with Gasteiger partial charge in [0.05, 0.1) is 6.07 Å². The Labute approximate surface area is 144 Å². The first-order chi connectivity index (χ1) is 11.6. The fraction of sp³-hybridized carbons (Fsp3) is 0.579. The van der Waals surface area contributed by atoms with Crippen molar-refractivity contribution in [2.75, 3.05) is 32.7 Å². The van der Waals surface area contributed by atoms with Crippen molar-refractivity contribution in [3.8, 4) is 6.07 Å². The second kappa shape index (κ2) is 7.33. The predicted molar refractivity (Wildman–Crippen MR) is 91.3 cm³/mol. The zero-order chi connectivity index (χ0) is 17.0. The summed E-state index contributed by atoms with van der Waals surface area (Å²) < 4.78 is 0. The summed E-state index contributed by atoms with van der Waals surface area (Å²) in [7, 11) is 0. The molecule has 1 aromatic rings. The minimum absolute atomic E-state index is 0.0208. The molecule has 0 bridgehead atoms. The minimum Gasteiger partial charge on any atom is -0.333 e. The van der Waals surface area contributed by atoms with Gasteiger partial charge in [-0.2, -0.15) is 5.26 Å². The third-order valence-corrected chi connectivity index (χ3v) is 5.40. The Kier molecular flexibility index (Phi) is 5.17. The molecule has 128 valence electrons. The van der Waals surface area contributed by atoms with Crippen molar-refractivity contribution in [2.24, 2.45) is 5.92 Å². The van der Waals surface area contributed by atoms with Gasteiger partial charge < -0.3 is 15.1 Å². The van der Waals surface area contributed by atoms with E-state index in [1.54, 1.807) is 4.90 Å². The minimum atomic E-state index is -0.670. The van der Waals surface area contributed by atoms with Gasteiger partial charge in [0.15, 0.2) is 6.54 Å². The molecule has 0 spiro atoms. The van der Waals surface area contributed by atoms with Crippen molar-refractivity contribution in [1.29, 1.82) is 5.26 Å². The highest BCUT2D eigenvalue weighted by Gasteiger charge is 2.43. The first-order valence-corrected chi connectivity index (χ1v) is 9.02. The van der Waals surface area contributed by atoms with Crippen LogP contribution in [0.1, 0.15) is 25.3 Å². The van der Waals surface area contributed by atoms with Crippen LogP contribution in [0.5, 0.6) is 0 Å². The molecule has 1 saturated heterocycles. The number of hydrogen-bond acceptors (Lipinski definition) is 2. The summed E-state index contributed by atoms with van der Waals surface area (Å²) in [4.78, 5) is 15.2. The van der Waals surface area contributed by atoms with Gasteiger partial charge in [-0.05, 0) is 25.7 Å². The van der Waals surface area contributed by atoms with Gasteiger partial charge in [0.2, 0.25) is 0 Å². The average molecular weight is 328 g/mol. The average Bonchev–Trinajstić information content (AvgIpc) is 3.43. The molecule has 0 unspecified atom stereocenters. The molecule has 1 aliphatic carbocycles. The third-order valence-electron chi connectivity index (χ3n) is 5.40. The maximum Gasteiger partial charge on any atom is 0.276 e. The zero-order valence-corrected chi connectivity index (χ0v) is 14.5. The number of carbonyl (C=O) groups is 1. The van der Waals surface area contributed by atoms with Crippen LogP contribution in [0.3, 0.4) is 0 Å². The summed E-state index contributed by atoms with van der Waals surface area (Å²) in [5, 5.41) is 12.3. The van der Waals surface area contributed by atoms with E-state index in [9.17, 15) is 10.1 Å². The lowest BCUT2D eigenvalue weighted by Crippen LogP contribution is -3.28. The van der Waals surface area contributed by atoms with Gasteiger partial charge in [-0.25, -0.2) is 0 Å². The van der Waals surface area contributed by atoms with E-state index in [-0.39, 0.29) is 5.91 Å². The Morgan fingerprint density at radius 3 is 2.42 bits per heavy atom. The van der Waals surface area contributed by atoms with Crippen molar-refractivity contribution in [3.05, 3.63) is 35.9 Å². The van der Waals surface area contributed by atoms with Crippen LogP contribution in [-0.4, -0.2) is 44.2 Å². The molecule has 3 N–H and O–H groups in total. The first-order valence-electron chi connectivity index (χ1n) is 9.02. The van der Waals surface area contributed by atoms with E-state index in [2.05, 4.69) is 41.7 Å². The van der Waals surface area contributed by atoms with Gasteiger partial charge in [0.1, 0.15) is 38.3 Å². The van der Waals surface area contributed by atoms with Crippen molar-refractivity contribution in [1.82, 2.24) is 5.32 Å². The van der Waals surface area contributed by atoms with E-state index in [1.165, 1.54) is 10.5 Å². The molecule has 1 atom stereocenters. The van der Waals surface area contributed by atoms with Gasteiger partial charge in [0.25, 0.3) is 5.91 Å². The highest BCUT2D eigenvalue weighted by atomic mass is 16.2. The van der Waals surface area contributed by atoms with Crippen LogP contribution >= 0.6 is 0 Å². The second-order valence-corrected chi connectivity index (χ2v) is 7.48. The van der Waals surface area contributed by atoms with E-state index in [4.69, 9.17) is 0 Å². The van der Waals surface area contributed by atoms with E-state index in [0.29, 0.717) is 12.5 Å². The number of nitrogens with one attached hydrogen (secondary N) is 3. The molecule has 5 heteroatoms.